The van der Waals surface area contributed by atoms with Gasteiger partial charge < -0.3 is 18.7 Å². The second kappa shape index (κ2) is 3.96. The van der Waals surface area contributed by atoms with E-state index in [0.29, 0.717) is 0 Å². The van der Waals surface area contributed by atoms with Crippen molar-refractivity contribution in [1.82, 2.24) is 0 Å². The van der Waals surface area contributed by atoms with E-state index in [9.17, 15) is 0 Å². The summed E-state index contributed by atoms with van der Waals surface area (Å²) in [5, 5.41) is 0. The van der Waals surface area contributed by atoms with Crippen LogP contribution in [0.1, 0.15) is 20.8 Å². The summed E-state index contributed by atoms with van der Waals surface area (Å²) in [5.41, 5.74) is -0.163. The van der Waals surface area contributed by atoms with Crippen LogP contribution >= 0.6 is 0 Å². The van der Waals surface area contributed by atoms with Crippen molar-refractivity contribution in [2.24, 2.45) is 5.41 Å². The van der Waals surface area contributed by atoms with E-state index in [1.165, 1.54) is 0 Å². The molecule has 0 aliphatic carbocycles. The Morgan fingerprint density at radius 2 is 1.85 bits per heavy atom. The Morgan fingerprint density at radius 1 is 1.23 bits per heavy atom. The molecule has 0 spiro atoms. The number of methoxy groups -OCH3 is 1. The normalized spacial score (nSPS) is 33.5. The number of hydrogen-bond acceptors (Lipinski definition) is 4. The first kappa shape index (κ1) is 11.0. The summed E-state index contributed by atoms with van der Waals surface area (Å²) in [5.74, 6) is 0. The fourth-order valence-electron chi connectivity index (χ4n) is 1.31. The zero-order valence-electron chi connectivity index (χ0n) is 8.87. The molecule has 1 saturated heterocycles. The zero-order chi connectivity index (χ0) is 10.1. The minimum atomic E-state index is -0.618. The van der Waals surface area contributed by atoms with Crippen LogP contribution in [-0.2, 0) is 18.7 Å². The largest absolute Gasteiger partial charge is 0.641 e. The average molecular weight is 188 g/mol. The molecule has 1 aliphatic rings. The second-order valence-electron chi connectivity index (χ2n) is 3.83. The molecule has 2 unspecified atom stereocenters. The van der Waals surface area contributed by atoms with Gasteiger partial charge in [0.15, 0.2) is 6.29 Å². The van der Waals surface area contributed by atoms with Gasteiger partial charge in [-0.05, 0) is 6.92 Å². The molecular weight excluding hydrogens is 171 g/mol. The maximum atomic E-state index is 5.46. The van der Waals surface area contributed by atoms with E-state index in [4.69, 9.17) is 18.7 Å². The molecule has 0 aromatic carbocycles. The topological polar surface area (TPSA) is 36.9 Å². The van der Waals surface area contributed by atoms with E-state index >= 15 is 0 Å². The minimum absolute atomic E-state index is 0.0381. The Labute approximate surface area is 79.7 Å². The third kappa shape index (κ3) is 2.04. The predicted molar refractivity (Wildman–Crippen MR) is 49.0 cm³/mol. The van der Waals surface area contributed by atoms with Crippen LogP contribution in [0.2, 0.25) is 0 Å². The lowest BCUT2D eigenvalue weighted by molar-refractivity contribution is -0.213. The molecule has 1 fully saturated rings. The van der Waals surface area contributed by atoms with Crippen molar-refractivity contribution in [2.75, 3.05) is 14.2 Å². The average Bonchev–Trinajstić information content (AvgIpc) is 2.09. The number of hydrogen-bond donors (Lipinski definition) is 0. The maximum Gasteiger partial charge on any atom is 0.641 e. The SMILES string of the molecule is COB1OC(C)C(C)(C)C(OC)O1. The molecule has 1 rings (SSSR count). The molecule has 0 N–H and O–H groups in total. The second-order valence-corrected chi connectivity index (χ2v) is 3.83. The van der Waals surface area contributed by atoms with Crippen molar-refractivity contribution in [2.45, 2.75) is 33.2 Å². The van der Waals surface area contributed by atoms with Crippen LogP contribution in [0.4, 0.5) is 0 Å². The first-order valence-corrected chi connectivity index (χ1v) is 4.39. The molecule has 1 heterocycles. The van der Waals surface area contributed by atoms with Gasteiger partial charge in [0.1, 0.15) is 0 Å². The van der Waals surface area contributed by atoms with E-state index < -0.39 is 7.32 Å². The van der Waals surface area contributed by atoms with E-state index in [1.54, 1.807) is 14.2 Å². The van der Waals surface area contributed by atoms with Crippen LogP contribution in [0.5, 0.6) is 0 Å². The maximum absolute atomic E-state index is 5.46. The van der Waals surface area contributed by atoms with Gasteiger partial charge in [0.05, 0.1) is 6.10 Å². The number of rotatable bonds is 2. The molecule has 13 heavy (non-hydrogen) atoms. The van der Waals surface area contributed by atoms with Gasteiger partial charge in [-0.2, -0.15) is 0 Å². The zero-order valence-corrected chi connectivity index (χ0v) is 8.87. The third-order valence-corrected chi connectivity index (χ3v) is 2.61. The van der Waals surface area contributed by atoms with E-state index in [-0.39, 0.29) is 17.8 Å². The van der Waals surface area contributed by atoms with Gasteiger partial charge in [-0.3, -0.25) is 0 Å². The van der Waals surface area contributed by atoms with Crippen molar-refractivity contribution in [3.63, 3.8) is 0 Å². The summed E-state index contributed by atoms with van der Waals surface area (Å²) >= 11 is 0. The lowest BCUT2D eigenvalue weighted by Gasteiger charge is -2.43. The first-order chi connectivity index (χ1) is 6.02. The molecule has 0 aromatic rings. The molecule has 76 valence electrons. The van der Waals surface area contributed by atoms with Gasteiger partial charge in [0.25, 0.3) is 0 Å². The monoisotopic (exact) mass is 188 g/mol. The fourth-order valence-corrected chi connectivity index (χ4v) is 1.31. The van der Waals surface area contributed by atoms with Crippen LogP contribution in [-0.4, -0.2) is 33.9 Å². The molecule has 0 saturated carbocycles. The summed E-state index contributed by atoms with van der Waals surface area (Å²) in [7, 11) is 2.55. The molecule has 0 aromatic heterocycles. The molecule has 1 aliphatic heterocycles. The first-order valence-electron chi connectivity index (χ1n) is 4.39. The molecule has 2 atom stereocenters. The van der Waals surface area contributed by atoms with Gasteiger partial charge in [-0.25, -0.2) is 0 Å². The molecule has 0 radical (unpaired) electrons. The van der Waals surface area contributed by atoms with Crippen LogP contribution in [0, 0.1) is 5.41 Å². The molecule has 0 amide bonds. The highest BCUT2D eigenvalue weighted by molar-refractivity contribution is 6.36. The summed E-state index contributed by atoms with van der Waals surface area (Å²) < 4.78 is 21.1. The summed E-state index contributed by atoms with van der Waals surface area (Å²) in [6.07, 6.45) is -0.252. The van der Waals surface area contributed by atoms with Crippen LogP contribution in [0.25, 0.3) is 0 Å². The van der Waals surface area contributed by atoms with Crippen LogP contribution < -0.4 is 0 Å². The van der Waals surface area contributed by atoms with Crippen LogP contribution in [0.15, 0.2) is 0 Å². The smallest absolute Gasteiger partial charge is 0.389 e. The molecule has 0 bridgehead atoms. The van der Waals surface area contributed by atoms with Crippen molar-refractivity contribution >= 4 is 7.32 Å². The fraction of sp³-hybridized carbons (Fsp3) is 1.00. The Morgan fingerprint density at radius 3 is 2.31 bits per heavy atom. The quantitative estimate of drug-likeness (QED) is 0.607. The summed E-state index contributed by atoms with van der Waals surface area (Å²) in [6.45, 7) is 6.07. The van der Waals surface area contributed by atoms with Gasteiger partial charge in [0.2, 0.25) is 0 Å². The van der Waals surface area contributed by atoms with Crippen molar-refractivity contribution in [1.29, 1.82) is 0 Å². The third-order valence-electron chi connectivity index (χ3n) is 2.61. The Kier molecular flexibility index (Phi) is 3.35. The Bertz CT molecular complexity index is 174. The van der Waals surface area contributed by atoms with Crippen molar-refractivity contribution < 1.29 is 18.7 Å². The molecule has 4 nitrogen and oxygen atoms in total. The van der Waals surface area contributed by atoms with E-state index in [2.05, 4.69) is 0 Å². The highest BCUT2D eigenvalue weighted by Gasteiger charge is 2.46. The van der Waals surface area contributed by atoms with E-state index in [1.807, 2.05) is 20.8 Å². The summed E-state index contributed by atoms with van der Waals surface area (Å²) in [4.78, 5) is 0. The molecule has 5 heteroatoms. The van der Waals surface area contributed by atoms with Gasteiger partial charge in [-0.1, -0.05) is 13.8 Å². The van der Waals surface area contributed by atoms with E-state index in [0.717, 1.165) is 0 Å². The van der Waals surface area contributed by atoms with Crippen molar-refractivity contribution in [3.05, 3.63) is 0 Å². The lowest BCUT2D eigenvalue weighted by Crippen LogP contribution is -2.54. The Balaban J connectivity index is 2.69. The lowest BCUT2D eigenvalue weighted by atomic mass is 9.83. The minimum Gasteiger partial charge on any atom is -0.389 e. The number of ether oxygens (including phenoxy) is 1. The van der Waals surface area contributed by atoms with Gasteiger partial charge in [0, 0.05) is 19.6 Å². The predicted octanol–water partition coefficient (Wildman–Crippen LogP) is 1.05. The molecular formula is C8H17BO4. The highest BCUT2D eigenvalue weighted by atomic mass is 16.8. The van der Waals surface area contributed by atoms with Gasteiger partial charge in [-0.15, -0.1) is 0 Å². The standard InChI is InChI=1S/C8H17BO4/c1-6-8(2,3)7(10-4)13-9(11-5)12-6/h6-7H,1-5H3. The highest BCUT2D eigenvalue weighted by Crippen LogP contribution is 2.34. The van der Waals surface area contributed by atoms with Crippen LogP contribution in [0.3, 0.4) is 0 Å². The van der Waals surface area contributed by atoms with Gasteiger partial charge >= 0.3 is 7.32 Å². The Hall–Kier alpha value is -0.0951. The summed E-state index contributed by atoms with van der Waals surface area (Å²) in [6, 6.07) is 0. The van der Waals surface area contributed by atoms with Crippen molar-refractivity contribution in [3.8, 4) is 0 Å².